The third kappa shape index (κ3) is 3.16. The molecule has 1 fully saturated rings. The first-order valence-corrected chi connectivity index (χ1v) is 9.76. The highest BCUT2D eigenvalue weighted by Crippen LogP contribution is 2.49. The van der Waals surface area contributed by atoms with Gasteiger partial charge in [-0.2, -0.15) is 0 Å². The van der Waals surface area contributed by atoms with E-state index in [1.54, 1.807) is 12.1 Å². The molecule has 3 aromatic rings. The van der Waals surface area contributed by atoms with Gasteiger partial charge in [-0.05, 0) is 58.9 Å². The van der Waals surface area contributed by atoms with Crippen molar-refractivity contribution in [1.82, 2.24) is 0 Å². The first kappa shape index (κ1) is 16.2. The molecule has 25 heavy (non-hydrogen) atoms. The summed E-state index contributed by atoms with van der Waals surface area (Å²) in [6, 6.07) is 16.5. The van der Waals surface area contributed by atoms with E-state index in [4.69, 9.17) is 0 Å². The maximum Gasteiger partial charge on any atom is 0.178 e. The van der Waals surface area contributed by atoms with E-state index in [1.165, 1.54) is 12.1 Å². The van der Waals surface area contributed by atoms with E-state index in [1.807, 2.05) is 30.3 Å². The van der Waals surface area contributed by atoms with E-state index in [-0.39, 0.29) is 17.6 Å². The molecule has 3 aromatic carbocycles. The summed E-state index contributed by atoms with van der Waals surface area (Å²) in [5.41, 5.74) is 0.664. The van der Waals surface area contributed by atoms with Gasteiger partial charge in [0.2, 0.25) is 0 Å². The Kier molecular flexibility index (Phi) is 3.84. The van der Waals surface area contributed by atoms with E-state index < -0.39 is 21.5 Å². The Labute approximate surface area is 145 Å². The fraction of sp³-hybridized carbons (Fsp3) is 0.200. The molecule has 0 bridgehead atoms. The van der Waals surface area contributed by atoms with Crippen molar-refractivity contribution in [3.63, 3.8) is 0 Å². The predicted molar refractivity (Wildman–Crippen MR) is 93.2 cm³/mol. The van der Waals surface area contributed by atoms with Crippen LogP contribution in [0.2, 0.25) is 0 Å². The molecule has 2 atom stereocenters. The highest BCUT2D eigenvalue weighted by molar-refractivity contribution is 7.91. The average Bonchev–Trinajstić information content (AvgIpc) is 3.35. The number of hydrogen-bond acceptors (Lipinski definition) is 2. The summed E-state index contributed by atoms with van der Waals surface area (Å²) in [5, 5.41) is 1.88. The lowest BCUT2D eigenvalue weighted by atomic mass is 10.1. The zero-order valence-corrected chi connectivity index (χ0v) is 14.1. The number of sulfone groups is 1. The largest absolute Gasteiger partial charge is 0.224 e. The van der Waals surface area contributed by atoms with E-state index >= 15 is 0 Å². The van der Waals surface area contributed by atoms with Crippen LogP contribution in [0, 0.1) is 17.6 Å². The molecule has 2 nitrogen and oxygen atoms in total. The van der Waals surface area contributed by atoms with Crippen molar-refractivity contribution in [3.8, 4) is 0 Å². The van der Waals surface area contributed by atoms with Gasteiger partial charge >= 0.3 is 0 Å². The molecular weight excluding hydrogens is 342 g/mol. The van der Waals surface area contributed by atoms with Crippen molar-refractivity contribution in [2.24, 2.45) is 5.92 Å². The minimum Gasteiger partial charge on any atom is -0.224 e. The maximum absolute atomic E-state index is 13.4. The Morgan fingerprint density at radius 1 is 0.880 bits per heavy atom. The Morgan fingerprint density at radius 3 is 2.40 bits per heavy atom. The molecule has 0 amide bonds. The van der Waals surface area contributed by atoms with E-state index in [0.29, 0.717) is 16.9 Å². The van der Waals surface area contributed by atoms with E-state index in [2.05, 4.69) is 0 Å². The number of rotatable bonds is 4. The van der Waals surface area contributed by atoms with Crippen molar-refractivity contribution >= 4 is 20.6 Å². The van der Waals surface area contributed by atoms with Crippen LogP contribution < -0.4 is 0 Å². The number of halogens is 2. The van der Waals surface area contributed by atoms with Crippen molar-refractivity contribution in [2.45, 2.75) is 17.2 Å². The summed E-state index contributed by atoms with van der Waals surface area (Å²) in [5.74, 6) is -1.83. The molecule has 0 aromatic heterocycles. The first-order chi connectivity index (χ1) is 11.9. The Bertz CT molecular complexity index is 1060. The molecule has 4 rings (SSSR count). The van der Waals surface area contributed by atoms with Crippen LogP contribution in [0.15, 0.2) is 65.6 Å². The lowest BCUT2D eigenvalue weighted by molar-refractivity contribution is 0.507. The second-order valence-electron chi connectivity index (χ2n) is 6.57. The van der Waals surface area contributed by atoms with Crippen molar-refractivity contribution in [3.05, 3.63) is 77.9 Å². The van der Waals surface area contributed by atoms with Crippen molar-refractivity contribution in [2.75, 3.05) is 5.75 Å². The van der Waals surface area contributed by atoms with Gasteiger partial charge in [-0.25, -0.2) is 17.2 Å². The molecule has 1 saturated carbocycles. The molecule has 0 spiro atoms. The van der Waals surface area contributed by atoms with Crippen LogP contribution in [0.5, 0.6) is 0 Å². The van der Waals surface area contributed by atoms with E-state index in [0.717, 1.165) is 16.8 Å². The first-order valence-electron chi connectivity index (χ1n) is 8.10. The van der Waals surface area contributed by atoms with Gasteiger partial charge in [0, 0.05) is 0 Å². The Hall–Kier alpha value is -2.27. The molecule has 1 aliphatic carbocycles. The smallest absolute Gasteiger partial charge is 0.178 e. The quantitative estimate of drug-likeness (QED) is 0.678. The van der Waals surface area contributed by atoms with Gasteiger partial charge in [0.1, 0.15) is 0 Å². The molecule has 5 heteroatoms. The fourth-order valence-electron chi connectivity index (χ4n) is 3.32. The van der Waals surface area contributed by atoms with Crippen molar-refractivity contribution in [1.29, 1.82) is 0 Å². The zero-order chi connectivity index (χ0) is 17.6. The van der Waals surface area contributed by atoms with Gasteiger partial charge in [-0.15, -0.1) is 0 Å². The minimum atomic E-state index is -3.42. The molecule has 0 unspecified atom stereocenters. The molecule has 1 aliphatic rings. The maximum atomic E-state index is 13.4. The Morgan fingerprint density at radius 2 is 1.64 bits per heavy atom. The average molecular weight is 358 g/mol. The van der Waals surface area contributed by atoms with E-state index in [9.17, 15) is 17.2 Å². The van der Waals surface area contributed by atoms with Crippen LogP contribution in [-0.4, -0.2) is 14.2 Å². The molecule has 128 valence electrons. The summed E-state index contributed by atoms with van der Waals surface area (Å²) in [6.07, 6.45) is 0.678. The lowest BCUT2D eigenvalue weighted by Gasteiger charge is -2.06. The number of fused-ring (bicyclic) bond motifs is 1. The van der Waals surface area contributed by atoms with Gasteiger partial charge in [0.15, 0.2) is 21.5 Å². The van der Waals surface area contributed by atoms with Gasteiger partial charge < -0.3 is 0 Å². The van der Waals surface area contributed by atoms with Crippen LogP contribution in [0.1, 0.15) is 17.9 Å². The number of benzene rings is 3. The van der Waals surface area contributed by atoms with Gasteiger partial charge in [-0.1, -0.05) is 36.4 Å². The Balaban J connectivity index is 1.54. The lowest BCUT2D eigenvalue weighted by Crippen LogP contribution is -2.09. The highest BCUT2D eigenvalue weighted by Gasteiger charge is 2.41. The second-order valence-corrected chi connectivity index (χ2v) is 8.60. The topological polar surface area (TPSA) is 34.1 Å². The van der Waals surface area contributed by atoms with Gasteiger partial charge in [0.05, 0.1) is 10.6 Å². The summed E-state index contributed by atoms with van der Waals surface area (Å²) in [6.45, 7) is 0. The normalized spacial score (nSPS) is 19.9. The van der Waals surface area contributed by atoms with Gasteiger partial charge in [-0.3, -0.25) is 0 Å². The summed E-state index contributed by atoms with van der Waals surface area (Å²) in [4.78, 5) is 0.308. The zero-order valence-electron chi connectivity index (χ0n) is 13.3. The standard InChI is InChI=1S/C20H16F2O2S/c21-19-8-6-15(11-20(19)22)18-10-16(18)12-25(23,24)17-7-5-13-3-1-2-4-14(13)9-17/h1-9,11,16,18H,10,12H2/t16-,18-/m0/s1. The van der Waals surface area contributed by atoms with Crippen LogP contribution in [0.4, 0.5) is 8.78 Å². The fourth-order valence-corrected chi connectivity index (χ4v) is 5.03. The minimum absolute atomic E-state index is 0.0228. The number of hydrogen-bond donors (Lipinski definition) is 0. The summed E-state index contributed by atoms with van der Waals surface area (Å²) >= 11 is 0. The third-order valence-corrected chi connectivity index (χ3v) is 6.65. The molecule has 0 saturated heterocycles. The summed E-state index contributed by atoms with van der Waals surface area (Å²) in [7, 11) is -3.42. The van der Waals surface area contributed by atoms with Crippen LogP contribution in [-0.2, 0) is 9.84 Å². The van der Waals surface area contributed by atoms with Crippen LogP contribution in [0.3, 0.4) is 0 Å². The van der Waals surface area contributed by atoms with Crippen LogP contribution in [0.25, 0.3) is 10.8 Å². The molecule has 0 N–H and O–H groups in total. The van der Waals surface area contributed by atoms with Gasteiger partial charge in [0.25, 0.3) is 0 Å². The molecule has 0 heterocycles. The second kappa shape index (κ2) is 5.92. The molecular formula is C20H16F2O2S. The molecule has 0 radical (unpaired) electrons. The van der Waals surface area contributed by atoms with Crippen molar-refractivity contribution < 1.29 is 17.2 Å². The highest BCUT2D eigenvalue weighted by atomic mass is 32.2. The third-order valence-electron chi connectivity index (χ3n) is 4.81. The SMILES string of the molecule is O=S(=O)(C[C@@H]1C[C@H]1c1ccc(F)c(F)c1)c1ccc2ccccc2c1. The van der Waals surface area contributed by atoms with Crippen LogP contribution >= 0.6 is 0 Å². The monoisotopic (exact) mass is 358 g/mol. The summed E-state index contributed by atoms with van der Waals surface area (Å²) < 4.78 is 51.8. The predicted octanol–water partition coefficient (Wildman–Crippen LogP) is 4.70. The molecule has 0 aliphatic heterocycles.